The van der Waals surface area contributed by atoms with E-state index in [1.807, 2.05) is 0 Å². The van der Waals surface area contributed by atoms with E-state index in [2.05, 4.69) is 19.9 Å². The molecule has 0 amide bonds. The summed E-state index contributed by atoms with van der Waals surface area (Å²) in [5.74, 6) is -4.58. The number of anilines is 1. The highest BCUT2D eigenvalue weighted by Gasteiger charge is 2.39. The largest absolute Gasteiger partial charge is 0.451 e. The van der Waals surface area contributed by atoms with Gasteiger partial charge in [0.05, 0.1) is 0 Å². The van der Waals surface area contributed by atoms with Crippen LogP contribution in [0.25, 0.3) is 10.9 Å². The summed E-state index contributed by atoms with van der Waals surface area (Å²) in [5.41, 5.74) is 1.89. The minimum atomic E-state index is -4.91. The van der Waals surface area contributed by atoms with Gasteiger partial charge in [0.2, 0.25) is 11.8 Å². The average molecular weight is 510 g/mol. The van der Waals surface area contributed by atoms with Crippen molar-refractivity contribution >= 4 is 28.5 Å². The summed E-state index contributed by atoms with van der Waals surface area (Å²) in [6.45, 7) is 0.630. The predicted octanol–water partition coefficient (Wildman–Crippen LogP) is 5.26. The molecule has 3 heterocycles. The van der Waals surface area contributed by atoms with E-state index in [4.69, 9.17) is 11.6 Å². The fourth-order valence-corrected chi connectivity index (χ4v) is 4.58. The van der Waals surface area contributed by atoms with E-state index < -0.39 is 48.1 Å². The van der Waals surface area contributed by atoms with Crippen molar-refractivity contribution in [2.45, 2.75) is 32.2 Å². The van der Waals surface area contributed by atoms with E-state index in [0.29, 0.717) is 22.7 Å². The van der Waals surface area contributed by atoms with Crippen LogP contribution >= 0.6 is 11.6 Å². The molecule has 0 bridgehead atoms. The molecule has 1 aliphatic heterocycles. The third kappa shape index (κ3) is 3.98. The molecule has 1 aliphatic rings. The maximum atomic E-state index is 15.3. The number of aryl methyl sites for hydroxylation is 1. The zero-order valence-electron chi connectivity index (χ0n) is 18.1. The number of benzene rings is 2. The van der Waals surface area contributed by atoms with Gasteiger partial charge in [-0.25, -0.2) is 13.8 Å². The lowest BCUT2D eigenvalue weighted by atomic mass is 9.91. The molecule has 1 atom stereocenters. The molecule has 5 rings (SSSR count). The Morgan fingerprint density at radius 2 is 1.89 bits per heavy atom. The Labute approximate surface area is 200 Å². The molecule has 0 radical (unpaired) electrons. The van der Waals surface area contributed by atoms with Gasteiger partial charge in [-0.2, -0.15) is 23.1 Å². The zero-order chi connectivity index (χ0) is 25.1. The molecule has 0 aliphatic carbocycles. The second-order valence-electron chi connectivity index (χ2n) is 8.18. The lowest BCUT2D eigenvalue weighted by Crippen LogP contribution is -2.38. The summed E-state index contributed by atoms with van der Waals surface area (Å²) in [5, 5.41) is 10.7. The summed E-state index contributed by atoms with van der Waals surface area (Å²) >= 11 is 6.16. The summed E-state index contributed by atoms with van der Waals surface area (Å²) in [4.78, 5) is 15.4. The van der Waals surface area contributed by atoms with E-state index in [1.54, 1.807) is 18.2 Å². The number of alkyl halides is 3. The van der Waals surface area contributed by atoms with E-state index >= 15 is 4.39 Å². The fraction of sp³-hybridized carbons (Fsp3) is 0.261. The number of hydrogen-bond acceptors (Lipinski definition) is 5. The van der Waals surface area contributed by atoms with Crippen molar-refractivity contribution in [1.82, 2.24) is 19.9 Å². The number of nitrogens with zero attached hydrogens (tertiary/aromatic N) is 4. The molecular weight excluding hydrogens is 493 g/mol. The second-order valence-corrected chi connectivity index (χ2v) is 8.62. The highest BCUT2D eigenvalue weighted by Crippen LogP contribution is 2.42. The molecular formula is C23H17ClF5N5O. The Morgan fingerprint density at radius 3 is 2.60 bits per heavy atom. The van der Waals surface area contributed by atoms with Crippen LogP contribution in [0.1, 0.15) is 40.1 Å². The molecule has 2 N–H and O–H groups in total. The van der Waals surface area contributed by atoms with Crippen LogP contribution in [0, 0.1) is 18.6 Å². The van der Waals surface area contributed by atoms with E-state index in [9.17, 15) is 22.7 Å². The number of aromatic amines is 1. The number of H-pyrrole nitrogens is 1. The van der Waals surface area contributed by atoms with Crippen molar-refractivity contribution in [3.8, 4) is 0 Å². The molecule has 2 aromatic heterocycles. The van der Waals surface area contributed by atoms with Crippen LogP contribution in [0.5, 0.6) is 0 Å². The first-order valence-electron chi connectivity index (χ1n) is 10.5. The number of halogens is 6. The summed E-state index contributed by atoms with van der Waals surface area (Å²) in [7, 11) is 0. The first kappa shape index (κ1) is 23.4. The number of aliphatic hydroxyl groups is 1. The highest BCUT2D eigenvalue weighted by atomic mass is 35.5. The van der Waals surface area contributed by atoms with E-state index in [-0.39, 0.29) is 17.7 Å². The molecule has 0 saturated heterocycles. The van der Waals surface area contributed by atoms with Crippen molar-refractivity contribution in [2.75, 3.05) is 11.4 Å². The Kier molecular flexibility index (Phi) is 5.64. The second kappa shape index (κ2) is 8.42. The fourth-order valence-electron chi connectivity index (χ4n) is 4.40. The molecule has 4 aromatic rings. The average Bonchev–Trinajstić information content (AvgIpc) is 3.19. The van der Waals surface area contributed by atoms with Crippen LogP contribution < -0.4 is 4.90 Å². The molecule has 6 nitrogen and oxygen atoms in total. The topological polar surface area (TPSA) is 77.9 Å². The number of aromatic nitrogens is 4. The number of rotatable bonds is 3. The lowest BCUT2D eigenvalue weighted by molar-refractivity contribution is -0.145. The van der Waals surface area contributed by atoms with Crippen molar-refractivity contribution in [3.05, 3.63) is 81.0 Å². The van der Waals surface area contributed by atoms with Crippen LogP contribution in [-0.2, 0) is 19.2 Å². The molecule has 0 saturated carbocycles. The van der Waals surface area contributed by atoms with Gasteiger partial charge in [-0.1, -0.05) is 23.7 Å². The SMILES string of the molecule is Cc1ccc([C@H]2c3[nH]c4ccc(Cl)cc4c3CCN2c2nc(CO)nc(C(F)(F)F)n2)c(F)c1F. The molecule has 2 aromatic carbocycles. The van der Waals surface area contributed by atoms with Gasteiger partial charge in [-0.15, -0.1) is 0 Å². The van der Waals surface area contributed by atoms with Crippen molar-refractivity contribution in [2.24, 2.45) is 0 Å². The third-order valence-electron chi connectivity index (χ3n) is 6.01. The monoisotopic (exact) mass is 509 g/mol. The molecule has 182 valence electrons. The van der Waals surface area contributed by atoms with Crippen LogP contribution in [0.4, 0.5) is 27.9 Å². The first-order chi connectivity index (χ1) is 16.6. The number of fused-ring (bicyclic) bond motifs is 3. The van der Waals surface area contributed by atoms with Gasteiger partial charge < -0.3 is 15.0 Å². The summed E-state index contributed by atoms with van der Waals surface area (Å²) < 4.78 is 70.3. The van der Waals surface area contributed by atoms with Gasteiger partial charge in [0.25, 0.3) is 0 Å². The van der Waals surface area contributed by atoms with E-state index in [1.165, 1.54) is 24.0 Å². The molecule has 35 heavy (non-hydrogen) atoms. The van der Waals surface area contributed by atoms with Crippen LogP contribution in [-0.4, -0.2) is 31.6 Å². The van der Waals surface area contributed by atoms with Crippen LogP contribution in [0.2, 0.25) is 5.02 Å². The summed E-state index contributed by atoms with van der Waals surface area (Å²) in [6.07, 6.45) is -4.57. The zero-order valence-corrected chi connectivity index (χ0v) is 18.8. The standard InChI is InChI=1S/C23H17ClF5N5O/c1-10-2-4-13(18(26)17(10)25)20-19-12(14-8-11(24)3-5-15(14)30-19)6-7-34(20)22-32-16(9-35)31-21(33-22)23(27,28)29/h2-5,8,20,30,35H,6-7,9H2,1H3/t20-/m0/s1. The highest BCUT2D eigenvalue weighted by molar-refractivity contribution is 6.31. The number of nitrogens with one attached hydrogen (secondary N) is 1. The smallest absolute Gasteiger partial charge is 0.388 e. The van der Waals surface area contributed by atoms with Crippen molar-refractivity contribution in [1.29, 1.82) is 0 Å². The molecule has 0 spiro atoms. The number of aliphatic hydroxyl groups excluding tert-OH is 1. The maximum Gasteiger partial charge on any atom is 0.451 e. The van der Waals surface area contributed by atoms with Gasteiger partial charge in [-0.05, 0) is 42.7 Å². The Hall–Kier alpha value is -3.31. The third-order valence-corrected chi connectivity index (χ3v) is 6.25. The quantitative estimate of drug-likeness (QED) is 0.369. The normalized spacial score (nSPS) is 16.1. The molecule has 12 heteroatoms. The van der Waals surface area contributed by atoms with Gasteiger partial charge in [-0.3, -0.25) is 0 Å². The minimum absolute atomic E-state index is 0.0816. The lowest BCUT2D eigenvalue weighted by Gasteiger charge is -2.36. The van der Waals surface area contributed by atoms with Gasteiger partial charge in [0.15, 0.2) is 17.5 Å². The van der Waals surface area contributed by atoms with Crippen LogP contribution in [0.3, 0.4) is 0 Å². The number of hydrogen-bond donors (Lipinski definition) is 2. The summed E-state index contributed by atoms with van der Waals surface area (Å²) in [6, 6.07) is 6.83. The van der Waals surface area contributed by atoms with Crippen molar-refractivity contribution < 1.29 is 27.1 Å². The first-order valence-corrected chi connectivity index (χ1v) is 10.9. The van der Waals surface area contributed by atoms with Crippen LogP contribution in [0.15, 0.2) is 30.3 Å². The Balaban J connectivity index is 1.76. The van der Waals surface area contributed by atoms with Gasteiger partial charge in [0.1, 0.15) is 12.6 Å². The van der Waals surface area contributed by atoms with E-state index in [0.717, 1.165) is 10.9 Å². The Morgan fingerprint density at radius 1 is 1.11 bits per heavy atom. The van der Waals surface area contributed by atoms with Gasteiger partial charge in [0, 0.05) is 33.7 Å². The van der Waals surface area contributed by atoms with Crippen molar-refractivity contribution in [3.63, 3.8) is 0 Å². The maximum absolute atomic E-state index is 15.3. The minimum Gasteiger partial charge on any atom is -0.388 e. The van der Waals surface area contributed by atoms with Gasteiger partial charge >= 0.3 is 6.18 Å². The molecule has 0 fully saturated rings. The predicted molar refractivity (Wildman–Crippen MR) is 118 cm³/mol. The Bertz CT molecular complexity index is 1450. The molecule has 0 unspecified atom stereocenters.